The van der Waals surface area contributed by atoms with Crippen LogP contribution in [0.2, 0.25) is 0 Å². The Morgan fingerprint density at radius 2 is 1.43 bits per heavy atom. The van der Waals surface area contributed by atoms with Gasteiger partial charge < -0.3 is 5.32 Å². The molecule has 23 heavy (non-hydrogen) atoms. The first kappa shape index (κ1) is 17.2. The molecule has 3 nitrogen and oxygen atoms in total. The SMILES string of the molecule is CC(C)c1ccc(NC(=O)[C@H](C)N[C@H](C)c2ccccc2)cc1. The van der Waals surface area contributed by atoms with E-state index in [0.717, 1.165) is 5.69 Å². The van der Waals surface area contributed by atoms with E-state index in [4.69, 9.17) is 0 Å². The molecule has 2 rings (SSSR count). The molecule has 0 radical (unpaired) electrons. The largest absolute Gasteiger partial charge is 0.325 e. The average molecular weight is 310 g/mol. The van der Waals surface area contributed by atoms with Gasteiger partial charge in [-0.15, -0.1) is 0 Å². The van der Waals surface area contributed by atoms with E-state index in [1.165, 1.54) is 11.1 Å². The Labute approximate surface area is 139 Å². The molecule has 3 heteroatoms. The predicted octanol–water partition coefficient (Wildman–Crippen LogP) is 4.49. The molecule has 2 atom stereocenters. The Morgan fingerprint density at radius 1 is 0.826 bits per heavy atom. The van der Waals surface area contributed by atoms with Crippen molar-refractivity contribution in [1.82, 2.24) is 5.32 Å². The molecule has 0 saturated carbocycles. The lowest BCUT2D eigenvalue weighted by Gasteiger charge is -2.20. The van der Waals surface area contributed by atoms with Gasteiger partial charge in [0.15, 0.2) is 0 Å². The van der Waals surface area contributed by atoms with Gasteiger partial charge >= 0.3 is 0 Å². The van der Waals surface area contributed by atoms with E-state index in [2.05, 4.69) is 55.7 Å². The molecule has 0 saturated heterocycles. The minimum Gasteiger partial charge on any atom is -0.325 e. The summed E-state index contributed by atoms with van der Waals surface area (Å²) in [6.07, 6.45) is 0. The van der Waals surface area contributed by atoms with Crippen LogP contribution in [0.5, 0.6) is 0 Å². The van der Waals surface area contributed by atoms with E-state index in [9.17, 15) is 4.79 Å². The molecule has 0 heterocycles. The summed E-state index contributed by atoms with van der Waals surface area (Å²) in [4.78, 5) is 12.3. The third kappa shape index (κ3) is 4.93. The maximum Gasteiger partial charge on any atom is 0.241 e. The Kier molecular flexibility index (Phi) is 5.94. The smallest absolute Gasteiger partial charge is 0.241 e. The first-order valence-electron chi connectivity index (χ1n) is 8.19. The van der Waals surface area contributed by atoms with Crippen LogP contribution >= 0.6 is 0 Å². The van der Waals surface area contributed by atoms with Crippen LogP contribution in [0.15, 0.2) is 54.6 Å². The number of amides is 1. The second-order valence-electron chi connectivity index (χ2n) is 6.29. The van der Waals surface area contributed by atoms with Crippen molar-refractivity contribution in [3.63, 3.8) is 0 Å². The predicted molar refractivity (Wildman–Crippen MR) is 96.6 cm³/mol. The molecule has 1 amide bonds. The highest BCUT2D eigenvalue weighted by Gasteiger charge is 2.16. The second kappa shape index (κ2) is 7.93. The van der Waals surface area contributed by atoms with Crippen molar-refractivity contribution in [2.45, 2.75) is 45.7 Å². The minimum absolute atomic E-state index is 0.0231. The van der Waals surface area contributed by atoms with E-state index in [-0.39, 0.29) is 18.0 Å². The van der Waals surface area contributed by atoms with Gasteiger partial charge in [0.2, 0.25) is 5.91 Å². The lowest BCUT2D eigenvalue weighted by atomic mass is 10.0. The molecule has 0 aromatic heterocycles. The van der Waals surface area contributed by atoms with Crippen LogP contribution < -0.4 is 10.6 Å². The molecule has 0 bridgehead atoms. The highest BCUT2D eigenvalue weighted by atomic mass is 16.2. The van der Waals surface area contributed by atoms with Gasteiger partial charge in [0.1, 0.15) is 0 Å². The molecular weight excluding hydrogens is 284 g/mol. The maximum atomic E-state index is 12.3. The molecule has 0 spiro atoms. The monoisotopic (exact) mass is 310 g/mol. The van der Waals surface area contributed by atoms with Crippen molar-refractivity contribution in [1.29, 1.82) is 0 Å². The van der Waals surface area contributed by atoms with Gasteiger partial charge in [0, 0.05) is 11.7 Å². The van der Waals surface area contributed by atoms with Gasteiger partial charge in [0.25, 0.3) is 0 Å². The molecule has 2 aromatic rings. The van der Waals surface area contributed by atoms with E-state index < -0.39 is 0 Å². The van der Waals surface area contributed by atoms with Crippen LogP contribution in [-0.4, -0.2) is 11.9 Å². The molecule has 0 fully saturated rings. The zero-order valence-corrected chi connectivity index (χ0v) is 14.3. The highest BCUT2D eigenvalue weighted by molar-refractivity contribution is 5.94. The molecule has 0 aliphatic heterocycles. The van der Waals surface area contributed by atoms with Crippen LogP contribution in [0, 0.1) is 0 Å². The van der Waals surface area contributed by atoms with Crippen LogP contribution in [0.4, 0.5) is 5.69 Å². The van der Waals surface area contributed by atoms with Crippen molar-refractivity contribution in [3.05, 3.63) is 65.7 Å². The van der Waals surface area contributed by atoms with Crippen LogP contribution in [0.1, 0.15) is 50.8 Å². The van der Waals surface area contributed by atoms with Crippen molar-refractivity contribution >= 4 is 11.6 Å². The summed E-state index contributed by atoms with van der Waals surface area (Å²) in [7, 11) is 0. The zero-order chi connectivity index (χ0) is 16.8. The van der Waals surface area contributed by atoms with Crippen molar-refractivity contribution in [2.24, 2.45) is 0 Å². The lowest BCUT2D eigenvalue weighted by molar-refractivity contribution is -0.117. The number of carbonyl (C=O) groups excluding carboxylic acids is 1. The Morgan fingerprint density at radius 3 is 2.00 bits per heavy atom. The van der Waals surface area contributed by atoms with E-state index >= 15 is 0 Å². The molecule has 122 valence electrons. The van der Waals surface area contributed by atoms with E-state index in [1.54, 1.807) is 0 Å². The Balaban J connectivity index is 1.92. The summed E-state index contributed by atoms with van der Waals surface area (Å²) in [6.45, 7) is 8.27. The number of nitrogens with one attached hydrogen (secondary N) is 2. The first-order valence-corrected chi connectivity index (χ1v) is 8.19. The summed E-state index contributed by atoms with van der Waals surface area (Å²) in [6, 6.07) is 18.0. The molecule has 2 N–H and O–H groups in total. The quantitative estimate of drug-likeness (QED) is 0.825. The third-order valence-electron chi connectivity index (χ3n) is 4.04. The summed E-state index contributed by atoms with van der Waals surface area (Å²) in [5.41, 5.74) is 3.28. The van der Waals surface area contributed by atoms with E-state index in [1.807, 2.05) is 37.3 Å². The second-order valence-corrected chi connectivity index (χ2v) is 6.29. The van der Waals surface area contributed by atoms with Crippen LogP contribution in [0.25, 0.3) is 0 Å². The number of benzene rings is 2. The fourth-order valence-electron chi connectivity index (χ4n) is 2.49. The van der Waals surface area contributed by atoms with Gasteiger partial charge in [-0.05, 0) is 43.0 Å². The number of anilines is 1. The fourth-order valence-corrected chi connectivity index (χ4v) is 2.49. The molecule has 2 aromatic carbocycles. The summed E-state index contributed by atoms with van der Waals surface area (Å²) in [5.74, 6) is 0.470. The van der Waals surface area contributed by atoms with Gasteiger partial charge in [-0.3, -0.25) is 10.1 Å². The topological polar surface area (TPSA) is 41.1 Å². The molecule has 0 unspecified atom stereocenters. The van der Waals surface area contributed by atoms with Gasteiger partial charge in [-0.25, -0.2) is 0 Å². The Hall–Kier alpha value is -2.13. The summed E-state index contributed by atoms with van der Waals surface area (Å²) >= 11 is 0. The first-order chi connectivity index (χ1) is 11.0. The third-order valence-corrected chi connectivity index (χ3v) is 4.04. The Bertz CT molecular complexity index is 620. The van der Waals surface area contributed by atoms with Gasteiger partial charge in [-0.2, -0.15) is 0 Å². The fraction of sp³-hybridized carbons (Fsp3) is 0.350. The molecular formula is C20H26N2O. The van der Waals surface area contributed by atoms with Crippen molar-refractivity contribution in [2.75, 3.05) is 5.32 Å². The highest BCUT2D eigenvalue weighted by Crippen LogP contribution is 2.17. The van der Waals surface area contributed by atoms with Gasteiger partial charge in [-0.1, -0.05) is 56.3 Å². The summed E-state index contributed by atoms with van der Waals surface area (Å²) < 4.78 is 0. The minimum atomic E-state index is -0.269. The number of hydrogen-bond acceptors (Lipinski definition) is 2. The molecule has 0 aliphatic carbocycles. The van der Waals surface area contributed by atoms with Gasteiger partial charge in [0.05, 0.1) is 6.04 Å². The number of hydrogen-bond donors (Lipinski definition) is 2. The average Bonchev–Trinajstić information content (AvgIpc) is 2.56. The van der Waals surface area contributed by atoms with E-state index in [0.29, 0.717) is 5.92 Å². The van der Waals surface area contributed by atoms with Crippen molar-refractivity contribution < 1.29 is 4.79 Å². The van der Waals surface area contributed by atoms with Crippen molar-refractivity contribution in [3.8, 4) is 0 Å². The maximum absolute atomic E-state index is 12.3. The van der Waals surface area contributed by atoms with Crippen LogP contribution in [0.3, 0.4) is 0 Å². The zero-order valence-electron chi connectivity index (χ0n) is 14.3. The number of rotatable bonds is 6. The number of carbonyl (C=O) groups is 1. The normalized spacial score (nSPS) is 13.6. The lowest BCUT2D eigenvalue weighted by Crippen LogP contribution is -2.39. The molecule has 0 aliphatic rings. The summed E-state index contributed by atoms with van der Waals surface area (Å²) in [5, 5.41) is 6.30. The van der Waals surface area contributed by atoms with Crippen LogP contribution in [-0.2, 0) is 4.79 Å². The standard InChI is InChI=1S/C20H26N2O/c1-14(2)17-10-12-19(13-11-17)22-20(23)16(4)21-15(3)18-8-6-5-7-9-18/h5-16,21H,1-4H3,(H,22,23)/t15-,16+/m1/s1.